The minimum absolute atomic E-state index is 0.000289. The van der Waals surface area contributed by atoms with Crippen molar-refractivity contribution in [2.24, 2.45) is 0 Å². The van der Waals surface area contributed by atoms with Crippen LogP contribution in [0.2, 0.25) is 0 Å². The quantitative estimate of drug-likeness (QED) is 0.203. The molecule has 4 rings (SSSR count). The number of aliphatic hydroxyl groups excluding tert-OH is 2. The second-order valence-electron chi connectivity index (χ2n) is 9.19. The monoisotopic (exact) mass is 624 g/mol. The number of nitrogens with one attached hydrogen (secondary N) is 2. The molecular weight excluding hydrogens is 602 g/mol. The third kappa shape index (κ3) is 7.04. The third-order valence-corrected chi connectivity index (χ3v) is 7.27. The van der Waals surface area contributed by atoms with Crippen LogP contribution in [0.4, 0.5) is 32.2 Å². The Hall–Kier alpha value is -3.65. The summed E-state index contributed by atoms with van der Waals surface area (Å²) in [5.74, 6) is -0.930. The maximum atomic E-state index is 13.2. The Balaban J connectivity index is 1.54. The fraction of sp³-hybridized carbons (Fsp3) is 0.391. The summed E-state index contributed by atoms with van der Waals surface area (Å²) in [6, 6.07) is 1.24. The molecule has 1 aromatic carbocycles. The first-order chi connectivity index (χ1) is 19.5. The van der Waals surface area contributed by atoms with Crippen molar-refractivity contribution >= 4 is 21.9 Å². The second kappa shape index (κ2) is 11.6. The minimum atomic E-state index is -5.03. The SMILES string of the molecule is CNS(=O)(=O)O[C@@H]1C[C@@H](Nc2ncncc2C(=O)c2ccn(Cc3cc(C(F)(F)F)cc(C(F)(F)F)c3)n2)[C@H](O)[C@H]1O. The number of hydrogen-bond acceptors (Lipinski definition) is 10. The molecule has 1 aliphatic rings. The fourth-order valence-electron chi connectivity index (χ4n) is 4.23. The number of rotatable bonds is 9. The third-order valence-electron chi connectivity index (χ3n) is 6.27. The highest BCUT2D eigenvalue weighted by molar-refractivity contribution is 7.84. The average Bonchev–Trinajstić information content (AvgIpc) is 3.47. The largest absolute Gasteiger partial charge is 0.416 e. The summed E-state index contributed by atoms with van der Waals surface area (Å²) in [5.41, 5.74) is -3.80. The van der Waals surface area contributed by atoms with Gasteiger partial charge in [-0.05, 0) is 29.8 Å². The molecule has 12 nitrogen and oxygen atoms in total. The van der Waals surface area contributed by atoms with Gasteiger partial charge in [-0.15, -0.1) is 0 Å². The van der Waals surface area contributed by atoms with E-state index in [0.29, 0.717) is 12.1 Å². The van der Waals surface area contributed by atoms with Crippen LogP contribution in [0, 0.1) is 0 Å². The zero-order chi connectivity index (χ0) is 31.0. The first kappa shape index (κ1) is 31.3. The molecule has 0 unspecified atom stereocenters. The van der Waals surface area contributed by atoms with Crippen LogP contribution in [0.1, 0.15) is 39.2 Å². The summed E-state index contributed by atoms with van der Waals surface area (Å²) < 4.78 is 110. The molecule has 1 fully saturated rings. The van der Waals surface area contributed by atoms with Crippen molar-refractivity contribution in [1.29, 1.82) is 0 Å². The lowest BCUT2D eigenvalue weighted by atomic mass is 10.0. The van der Waals surface area contributed by atoms with E-state index in [1.807, 2.05) is 4.72 Å². The molecule has 2 aromatic heterocycles. The molecular formula is C23H22F6N6O6S. The number of ketones is 1. The van der Waals surface area contributed by atoms with Gasteiger partial charge in [0.15, 0.2) is 0 Å². The van der Waals surface area contributed by atoms with Gasteiger partial charge in [0.1, 0.15) is 36.2 Å². The number of anilines is 1. The van der Waals surface area contributed by atoms with Crippen molar-refractivity contribution in [2.75, 3.05) is 12.4 Å². The van der Waals surface area contributed by atoms with Crippen molar-refractivity contribution < 1.29 is 54.0 Å². The van der Waals surface area contributed by atoms with Crippen LogP contribution in [0.15, 0.2) is 43.0 Å². The number of nitrogens with zero attached hydrogens (tertiary/aromatic N) is 4. The Morgan fingerprint density at radius 1 is 1.10 bits per heavy atom. The van der Waals surface area contributed by atoms with Crippen molar-refractivity contribution in [1.82, 2.24) is 24.5 Å². The van der Waals surface area contributed by atoms with E-state index >= 15 is 0 Å². The summed E-state index contributed by atoms with van der Waals surface area (Å²) in [5, 5.41) is 27.3. The van der Waals surface area contributed by atoms with E-state index in [0.717, 1.165) is 24.3 Å². The first-order valence-electron chi connectivity index (χ1n) is 11.9. The standard InChI is InChI=1S/C23H22F6N6O6S/c1-30-42(39,40)41-17-7-16(19(37)20(17)38)33-21-14(8-31-10-32-21)18(36)15-2-3-35(34-15)9-11-4-12(22(24,25)26)6-13(5-11)23(27,28)29/h2-6,8,10,16-17,19-20,30,37-38H,7,9H2,1H3,(H,31,32,33)/t16-,17-,19+,20+/m1/s1. The van der Waals surface area contributed by atoms with E-state index in [1.165, 1.54) is 12.3 Å². The lowest BCUT2D eigenvalue weighted by molar-refractivity contribution is -0.143. The molecule has 4 N–H and O–H groups in total. The van der Waals surface area contributed by atoms with Crippen LogP contribution in [0.25, 0.3) is 0 Å². The predicted octanol–water partition coefficient (Wildman–Crippen LogP) is 1.75. The zero-order valence-electron chi connectivity index (χ0n) is 21.3. The van der Waals surface area contributed by atoms with Crippen molar-refractivity contribution in [3.63, 3.8) is 0 Å². The topological polar surface area (TPSA) is 169 Å². The van der Waals surface area contributed by atoms with Crippen molar-refractivity contribution in [2.45, 2.75) is 49.7 Å². The molecule has 0 amide bonds. The van der Waals surface area contributed by atoms with E-state index in [2.05, 4.69) is 20.4 Å². The number of hydrogen-bond donors (Lipinski definition) is 4. The van der Waals surface area contributed by atoms with Crippen LogP contribution in [-0.2, 0) is 33.4 Å². The molecule has 19 heteroatoms. The van der Waals surface area contributed by atoms with E-state index in [9.17, 15) is 49.8 Å². The normalized spacial score (nSPS) is 21.5. The number of carbonyl (C=O) groups is 1. The lowest BCUT2D eigenvalue weighted by Crippen LogP contribution is -2.38. The number of alkyl halides is 6. The van der Waals surface area contributed by atoms with Crippen molar-refractivity contribution in [3.8, 4) is 0 Å². The second-order valence-corrected chi connectivity index (χ2v) is 10.7. The van der Waals surface area contributed by atoms with Gasteiger partial charge in [0.2, 0.25) is 5.78 Å². The maximum Gasteiger partial charge on any atom is 0.416 e. The highest BCUT2D eigenvalue weighted by atomic mass is 32.2. The predicted molar refractivity (Wildman–Crippen MR) is 130 cm³/mol. The van der Waals surface area contributed by atoms with E-state index < -0.39 is 70.5 Å². The van der Waals surface area contributed by atoms with E-state index in [1.54, 1.807) is 0 Å². The van der Waals surface area contributed by atoms with Crippen LogP contribution in [0.3, 0.4) is 0 Å². The summed E-state index contributed by atoms with van der Waals surface area (Å²) in [7, 11) is -3.12. The Morgan fingerprint density at radius 3 is 2.33 bits per heavy atom. The van der Waals surface area contributed by atoms with Gasteiger partial charge in [-0.2, -0.15) is 44.6 Å². The average molecular weight is 625 g/mol. The summed E-state index contributed by atoms with van der Waals surface area (Å²) in [6.45, 7) is -0.528. The smallest absolute Gasteiger partial charge is 0.388 e. The van der Waals surface area contributed by atoms with Gasteiger partial charge in [0.25, 0.3) is 0 Å². The summed E-state index contributed by atoms with van der Waals surface area (Å²) in [4.78, 5) is 20.9. The molecule has 0 spiro atoms. The number of halogens is 6. The maximum absolute atomic E-state index is 13.2. The molecule has 2 heterocycles. The van der Waals surface area contributed by atoms with Gasteiger partial charge in [0, 0.05) is 25.9 Å². The molecule has 228 valence electrons. The van der Waals surface area contributed by atoms with Crippen LogP contribution < -0.4 is 10.0 Å². The van der Waals surface area contributed by atoms with Gasteiger partial charge >= 0.3 is 22.7 Å². The summed E-state index contributed by atoms with van der Waals surface area (Å²) in [6.07, 6.45) is -11.4. The highest BCUT2D eigenvalue weighted by Crippen LogP contribution is 2.36. The molecule has 4 atom stereocenters. The fourth-order valence-corrected chi connectivity index (χ4v) is 4.85. The Kier molecular flexibility index (Phi) is 8.61. The van der Waals surface area contributed by atoms with Crippen molar-refractivity contribution in [3.05, 3.63) is 70.9 Å². The lowest BCUT2D eigenvalue weighted by Gasteiger charge is -2.19. The number of benzene rings is 1. The first-order valence-corrected chi connectivity index (χ1v) is 13.3. The number of aromatic nitrogens is 4. The summed E-state index contributed by atoms with van der Waals surface area (Å²) >= 11 is 0. The molecule has 1 saturated carbocycles. The van der Waals surface area contributed by atoms with Gasteiger partial charge in [-0.25, -0.2) is 9.97 Å². The Bertz CT molecular complexity index is 1530. The molecule has 0 aliphatic heterocycles. The zero-order valence-corrected chi connectivity index (χ0v) is 22.1. The molecule has 0 bridgehead atoms. The van der Waals surface area contributed by atoms with Crippen LogP contribution >= 0.6 is 0 Å². The molecule has 0 saturated heterocycles. The molecule has 3 aromatic rings. The minimum Gasteiger partial charge on any atom is -0.388 e. The molecule has 1 aliphatic carbocycles. The Morgan fingerprint density at radius 2 is 1.74 bits per heavy atom. The highest BCUT2D eigenvalue weighted by Gasteiger charge is 2.45. The van der Waals surface area contributed by atoms with Crippen LogP contribution in [0.5, 0.6) is 0 Å². The van der Waals surface area contributed by atoms with Gasteiger partial charge in [-0.1, -0.05) is 0 Å². The van der Waals surface area contributed by atoms with Gasteiger partial charge < -0.3 is 15.5 Å². The van der Waals surface area contributed by atoms with E-state index in [4.69, 9.17) is 4.18 Å². The number of carbonyl (C=O) groups excluding carboxylic acids is 1. The van der Waals surface area contributed by atoms with Gasteiger partial charge in [0.05, 0.1) is 29.3 Å². The number of aliphatic hydroxyl groups is 2. The van der Waals surface area contributed by atoms with E-state index in [-0.39, 0.29) is 35.1 Å². The Labute approximate surface area is 233 Å². The molecule has 0 radical (unpaired) electrons. The van der Waals surface area contributed by atoms with Gasteiger partial charge in [-0.3, -0.25) is 13.7 Å². The molecule has 42 heavy (non-hydrogen) atoms. The van der Waals surface area contributed by atoms with Crippen LogP contribution in [-0.4, -0.2) is 75.6 Å².